The fraction of sp³-hybridized carbons (Fsp3) is 0.455. The molecule has 0 aliphatic heterocycles. The molecule has 0 aromatic heterocycles. The van der Waals surface area contributed by atoms with Crippen molar-refractivity contribution >= 4 is 107 Å². The van der Waals surface area contributed by atoms with Gasteiger partial charge in [0.25, 0.3) is 0 Å². The van der Waals surface area contributed by atoms with Crippen molar-refractivity contribution in [2.24, 2.45) is 0 Å². The second-order valence-corrected chi connectivity index (χ2v) is 24.4. The summed E-state index contributed by atoms with van der Waals surface area (Å²) in [6.07, 6.45) is 21.9. The van der Waals surface area contributed by atoms with Gasteiger partial charge < -0.3 is 137 Å². The van der Waals surface area contributed by atoms with E-state index in [0.717, 1.165) is 109 Å². The molecule has 0 rings (SSSR count). The van der Waals surface area contributed by atoms with Crippen LogP contribution in [0.3, 0.4) is 0 Å². The molecule has 0 fully saturated rings. The van der Waals surface area contributed by atoms with Crippen LogP contribution in [0, 0.1) is 0 Å². The topological polar surface area (TPSA) is 575 Å². The molecule has 0 bridgehead atoms. The van der Waals surface area contributed by atoms with Crippen LogP contribution in [0.5, 0.6) is 0 Å². The Morgan fingerprint density at radius 2 is 0.253 bits per heavy atom. The van der Waals surface area contributed by atoms with Crippen molar-refractivity contribution in [1.29, 1.82) is 0 Å². The molecule has 146 heavy (non-hydrogen) atoms. The molecular weight excluding hydrogens is 1940 g/mol. The predicted octanol–water partition coefficient (Wildman–Crippen LogP) is 6.48. The van der Waals surface area contributed by atoms with E-state index in [9.17, 15) is 86.3 Å². The molecule has 0 aromatic rings. The molecule has 0 aliphatic carbocycles. The Labute approximate surface area is 851 Å². The van der Waals surface area contributed by atoms with Gasteiger partial charge in [-0.3, -0.25) is 0 Å². The third-order valence-corrected chi connectivity index (χ3v) is 13.3. The summed E-state index contributed by atoms with van der Waals surface area (Å²) in [5.41, 5.74) is 0. The summed E-state index contributed by atoms with van der Waals surface area (Å²) in [7, 11) is 0. The van der Waals surface area contributed by atoms with E-state index in [0.29, 0.717) is 191 Å². The summed E-state index contributed by atoms with van der Waals surface area (Å²) in [4.78, 5) is 190. The maximum atomic E-state index is 10.7. The van der Waals surface area contributed by atoms with Crippen LogP contribution in [0.15, 0.2) is 228 Å². The summed E-state index contributed by atoms with van der Waals surface area (Å²) >= 11 is 0. The molecule has 0 spiro atoms. The number of hydrogen-bond donors (Lipinski definition) is 0. The fourth-order valence-corrected chi connectivity index (χ4v) is 6.69. The van der Waals surface area contributed by atoms with Crippen LogP contribution in [-0.2, 0) is 224 Å². The normalized spacial score (nSPS) is 9.51. The molecule has 0 aliphatic rings. The maximum absolute atomic E-state index is 10.7. The second-order valence-electron chi connectivity index (χ2n) is 24.4. The standard InChI is InChI=1S/C16H26O7.C14H22O7.C14H22O6.C12H18O6.C10H14O5.2C9H12O4.C8H10O4.C7H8O4/c1-3-15(17)22-9-5-7-19-11-13-21-14-12-20-8-6-10-23-16(18)4-2;1-3-13(15)20-11-9-18-7-5-17-6-8-19-10-12-21-14(16)4-2;1-3-13(15)19-9-5-7-17-11-12-18-8-6-10-20-14(16)4-2;1-3-11(13)17-9-7-15-5-6-16-8-10-18-12(14)4-2;1-3-9(11)14-7-5-13-6-8-15-10(12)4-2;1-4-8(10)12-6-7(3)13-9(11)5-2;1-3-8(10)12-6-5-7-13-9(11)4-2;1-3-7(9)11-5-6-12-8(10)4-2;1-3-6(8)10-5-11-7(9)4-2/h3-4H,1-2,5-14H2;3-4H,1-2,5-12H2;3-4H,1-2,5-12H2;3-4H,1-2,5-10H2;3-4H,1-2,5-8H2;4-5,7H,1-2,6H2,3H3;3-4H,1-2,5-7H2;3-4H,1-2,5-6H2;3-4H,1-2,5H2. The van der Waals surface area contributed by atoms with Crippen molar-refractivity contribution in [3.05, 3.63) is 228 Å². The lowest BCUT2D eigenvalue weighted by molar-refractivity contribution is -0.160. The van der Waals surface area contributed by atoms with Crippen LogP contribution in [0.4, 0.5) is 0 Å². The third kappa shape index (κ3) is 140. The average molecular weight is 2090 g/mol. The number of esters is 18. The highest BCUT2D eigenvalue weighted by molar-refractivity contribution is 5.87. The van der Waals surface area contributed by atoms with Crippen LogP contribution in [0.25, 0.3) is 0 Å². The van der Waals surface area contributed by atoms with Crippen molar-refractivity contribution in [3.63, 3.8) is 0 Å². The van der Waals surface area contributed by atoms with Gasteiger partial charge in [0.1, 0.15) is 65.6 Å². The summed E-state index contributed by atoms with van der Waals surface area (Å²) < 4.78 is 141. The van der Waals surface area contributed by atoms with Crippen molar-refractivity contribution in [2.75, 3.05) is 251 Å². The van der Waals surface area contributed by atoms with Crippen LogP contribution >= 0.6 is 0 Å². The van der Waals surface area contributed by atoms with Crippen LogP contribution in [-0.4, -0.2) is 365 Å². The largest absolute Gasteiger partial charge is 0.462 e. The van der Waals surface area contributed by atoms with Crippen LogP contribution < -0.4 is 0 Å². The highest BCUT2D eigenvalue weighted by Gasteiger charge is 2.10. The molecule has 0 saturated carbocycles. The predicted molar refractivity (Wildman–Crippen MR) is 523 cm³/mol. The molecule has 47 nitrogen and oxygen atoms in total. The van der Waals surface area contributed by atoms with Crippen LogP contribution in [0.2, 0.25) is 0 Å². The highest BCUT2D eigenvalue weighted by Crippen LogP contribution is 1.99. The first kappa shape index (κ1) is 149. The molecule has 1 unspecified atom stereocenters. The zero-order chi connectivity index (χ0) is 112. The first-order valence-electron chi connectivity index (χ1n) is 43.9. The minimum atomic E-state index is -0.637. The van der Waals surface area contributed by atoms with E-state index in [4.69, 9.17) is 85.3 Å². The molecular formula is C99H144O47. The summed E-state index contributed by atoms with van der Waals surface area (Å²) in [6.45, 7) is 71.4. The van der Waals surface area contributed by atoms with Gasteiger partial charge in [0, 0.05) is 168 Å². The number of hydrogen-bond acceptors (Lipinski definition) is 47. The minimum Gasteiger partial charge on any atom is -0.462 e. The average Bonchev–Trinajstić information content (AvgIpc) is 0.893. The van der Waals surface area contributed by atoms with Crippen molar-refractivity contribution < 1.29 is 224 Å². The van der Waals surface area contributed by atoms with Crippen molar-refractivity contribution in [1.82, 2.24) is 0 Å². The molecule has 47 heteroatoms. The van der Waals surface area contributed by atoms with Crippen molar-refractivity contribution in [2.45, 2.75) is 45.1 Å². The molecule has 0 radical (unpaired) electrons. The number of ether oxygens (including phenoxy) is 29. The SMILES string of the molecule is C=CC(=O)OCC(C)OC(=O)C=C.C=CC(=O)OCCCOC(=O)C=C.C=CC(=O)OCCCOCCOCCCOC(=O)C=C.C=CC(=O)OCCCOCCOCCOCCCOC(=O)C=C.C=CC(=O)OCCOC(=O)C=C.C=CC(=O)OCCOCCOC(=O)C=C.C=CC(=O)OCCOCCOCCOC(=O)C=C.C=CC(=O)OCCOCCOCCOCCOC(=O)C=C.C=CC(=O)OCOC(=O)C=C. The van der Waals surface area contributed by atoms with Gasteiger partial charge in [-0.25, -0.2) is 86.3 Å². The van der Waals surface area contributed by atoms with Gasteiger partial charge in [-0.1, -0.05) is 118 Å². The number of rotatable bonds is 82. The first-order valence-corrected chi connectivity index (χ1v) is 43.9. The zero-order valence-corrected chi connectivity index (χ0v) is 83.3. The van der Waals surface area contributed by atoms with E-state index in [2.05, 4.69) is 171 Å². The first-order chi connectivity index (χ1) is 70.2. The Kier molecular flexibility index (Phi) is 127. The second kappa shape index (κ2) is 124. The zero-order valence-electron chi connectivity index (χ0n) is 83.3. The Morgan fingerprint density at radius 1 is 0.144 bits per heavy atom. The van der Waals surface area contributed by atoms with E-state index in [1.165, 1.54) is 0 Å². The van der Waals surface area contributed by atoms with Crippen LogP contribution in [0.1, 0.15) is 39.0 Å². The Bertz CT molecular complexity index is 3560. The highest BCUT2D eigenvalue weighted by atomic mass is 16.7. The monoisotopic (exact) mass is 2080 g/mol. The summed E-state index contributed by atoms with van der Waals surface area (Å²) in [5, 5.41) is 0. The number of carbonyl (C=O) groups excluding carboxylic acids is 18. The summed E-state index contributed by atoms with van der Waals surface area (Å²) in [5.74, 6) is -8.94. The summed E-state index contributed by atoms with van der Waals surface area (Å²) in [6, 6.07) is 0. The lowest BCUT2D eigenvalue weighted by atomic mass is 10.4. The molecule has 0 N–H and O–H groups in total. The molecule has 1 atom stereocenters. The van der Waals surface area contributed by atoms with E-state index < -0.39 is 120 Å². The molecule has 0 amide bonds. The quantitative estimate of drug-likeness (QED) is 0.0206. The van der Waals surface area contributed by atoms with Gasteiger partial charge in [-0.05, 0) is 6.92 Å². The number of carbonyl (C=O) groups is 18. The lowest BCUT2D eigenvalue weighted by Crippen LogP contribution is -2.20. The lowest BCUT2D eigenvalue weighted by Gasteiger charge is -2.10. The Balaban J connectivity index is -0.000000209. The van der Waals surface area contributed by atoms with Gasteiger partial charge in [0.2, 0.25) is 6.79 Å². The van der Waals surface area contributed by atoms with Crippen molar-refractivity contribution in [3.8, 4) is 0 Å². The maximum Gasteiger partial charge on any atom is 0.333 e. The van der Waals surface area contributed by atoms with E-state index in [-0.39, 0.29) is 85.9 Å². The van der Waals surface area contributed by atoms with Gasteiger partial charge >= 0.3 is 107 Å². The minimum absolute atomic E-state index is 0.0183. The molecule has 0 saturated heterocycles. The Hall–Kier alpha value is -14.7. The fourth-order valence-electron chi connectivity index (χ4n) is 6.69. The van der Waals surface area contributed by atoms with E-state index >= 15 is 0 Å². The molecule has 822 valence electrons. The molecule has 0 heterocycles. The van der Waals surface area contributed by atoms with Gasteiger partial charge in [-0.2, -0.15) is 0 Å². The van der Waals surface area contributed by atoms with E-state index in [1.807, 2.05) is 0 Å². The van der Waals surface area contributed by atoms with Gasteiger partial charge in [-0.15, -0.1) is 0 Å². The molecule has 0 aromatic carbocycles. The van der Waals surface area contributed by atoms with E-state index in [1.54, 1.807) is 6.92 Å². The van der Waals surface area contributed by atoms with Gasteiger partial charge in [0.15, 0.2) is 0 Å². The van der Waals surface area contributed by atoms with Gasteiger partial charge in [0.05, 0.1) is 159 Å². The Morgan fingerprint density at radius 3 is 0.404 bits per heavy atom. The third-order valence-electron chi connectivity index (χ3n) is 13.3. The smallest absolute Gasteiger partial charge is 0.333 e.